The number of nitrogens with zero attached hydrogens (tertiary/aromatic N) is 5. The molecule has 0 fully saturated rings. The van der Waals surface area contributed by atoms with Crippen LogP contribution in [0.4, 0.5) is 68.2 Å². The van der Waals surface area contributed by atoms with E-state index in [0.29, 0.717) is 0 Å². The maximum absolute atomic E-state index is 2.75. The number of rotatable bonds is 12. The number of fused-ring (bicyclic) bond motifs is 11. The standard InChI is InChI=1S/C118H91B2N5/c1-72-32-25-33-73(2)111(72)84-46-30-51-91(62-84)123-104-65-87(114-78(7)38-28-39-79(114)8)56-59-98(104)120-99-70-100-106(71-105(99)122(90-49-21-14-22-50-90)107-66-88(67-108(123)116(107)120)115-80(9)40-29-41-81(115)10)125(118-93(82-42-15-11-16-43-82)52-31-53-94(118)83-44-17-12-18-45-83)110-69-92(68-109-117(110)119(100)97-54-23-24-55-103(97)121(109)89-47-19-13-20-48-89)124-101-60-57-85(112-74(3)34-26-35-75(112)4)63-95(101)96-64-86(58-61-102(96)124)113-76(5)36-27-37-77(113)6/h11-71H,1-10H3. The summed E-state index contributed by atoms with van der Waals surface area (Å²) in [6, 6.07) is 142. The number of hydrogen-bond donors (Lipinski definition) is 0. The lowest BCUT2D eigenvalue weighted by Crippen LogP contribution is -2.65. The van der Waals surface area contributed by atoms with Crippen LogP contribution in [0.2, 0.25) is 0 Å². The summed E-state index contributed by atoms with van der Waals surface area (Å²) >= 11 is 0. The SMILES string of the molecule is Cc1cccc(C)c1-c1cccc(N2c3cc(-c4c(C)cccc4C)ccc3B3c4cc5c(cc4N(c4ccccc4)c4cc(-c6c(C)cccc6C)cc2c43)N(c2c(-c3ccccc3)cccc2-c2ccccc2)c2cc(-n3c4ccc(-c6c(C)cccc6C)cc4c4cc(-c6c(C)cccc6C)ccc43)cc3c2B5c2ccccc2N3c2ccccc2)c1. The number of aromatic nitrogens is 1. The van der Waals surface area contributed by atoms with Crippen LogP contribution in [0.25, 0.3) is 105 Å². The van der Waals surface area contributed by atoms with Gasteiger partial charge in [-0.3, -0.25) is 0 Å². The minimum absolute atomic E-state index is 0.277. The molecular weight excluding hydrogens is 1510 g/mol. The normalized spacial score (nSPS) is 12.8. The van der Waals surface area contributed by atoms with Crippen LogP contribution in [0.1, 0.15) is 55.6 Å². The second-order valence-corrected chi connectivity index (χ2v) is 35.1. The molecule has 0 saturated carbocycles. The number of anilines is 12. The Bertz CT molecular complexity index is 7430. The second kappa shape index (κ2) is 29.4. The fraction of sp³-hybridized carbons (Fsp3) is 0.0847. The Balaban J connectivity index is 0.875. The van der Waals surface area contributed by atoms with Gasteiger partial charge in [0.05, 0.1) is 22.4 Å². The monoisotopic (exact) mass is 1600 g/mol. The van der Waals surface area contributed by atoms with Crippen molar-refractivity contribution in [2.24, 2.45) is 0 Å². The molecule has 18 aromatic carbocycles. The highest BCUT2D eigenvalue weighted by molar-refractivity contribution is 7.03. The molecule has 0 radical (unpaired) electrons. The van der Waals surface area contributed by atoms with Crippen LogP contribution in [-0.2, 0) is 0 Å². The fourth-order valence-electron chi connectivity index (χ4n) is 22.3. The predicted octanol–water partition coefficient (Wildman–Crippen LogP) is 27.7. The molecule has 0 spiro atoms. The lowest BCUT2D eigenvalue weighted by Gasteiger charge is -2.48. The van der Waals surface area contributed by atoms with Crippen LogP contribution in [0, 0.1) is 69.2 Å². The first-order valence-electron chi connectivity index (χ1n) is 44.0. The highest BCUT2D eigenvalue weighted by Crippen LogP contribution is 2.55. The van der Waals surface area contributed by atoms with E-state index in [1.807, 2.05) is 0 Å². The molecule has 0 atom stereocenters. The molecule has 0 aliphatic carbocycles. The molecule has 7 heteroatoms. The van der Waals surface area contributed by atoms with E-state index in [9.17, 15) is 0 Å². The van der Waals surface area contributed by atoms with Crippen molar-refractivity contribution < 1.29 is 0 Å². The summed E-state index contributed by atoms with van der Waals surface area (Å²) in [5, 5.41) is 2.39. The van der Waals surface area contributed by atoms with Gasteiger partial charge < -0.3 is 24.2 Å². The van der Waals surface area contributed by atoms with E-state index in [2.05, 4.69) is 463 Å². The van der Waals surface area contributed by atoms with Crippen molar-refractivity contribution in [2.45, 2.75) is 69.2 Å². The summed E-state index contributed by atoms with van der Waals surface area (Å²) in [6.45, 7) is 22.1. The largest absolute Gasteiger partial charge is 0.311 e. The zero-order valence-electron chi connectivity index (χ0n) is 72.1. The Morgan fingerprint density at radius 2 is 0.504 bits per heavy atom. The Labute approximate surface area is 733 Å². The van der Waals surface area contributed by atoms with Crippen molar-refractivity contribution in [1.82, 2.24) is 4.57 Å². The van der Waals surface area contributed by atoms with Crippen LogP contribution in [0.15, 0.2) is 370 Å². The molecule has 0 bridgehead atoms. The summed E-state index contributed by atoms with van der Waals surface area (Å²) in [5.41, 5.74) is 53.4. The van der Waals surface area contributed by atoms with Gasteiger partial charge >= 0.3 is 0 Å². The first-order valence-corrected chi connectivity index (χ1v) is 44.0. The van der Waals surface area contributed by atoms with Crippen molar-refractivity contribution >= 4 is 136 Å². The van der Waals surface area contributed by atoms with Gasteiger partial charge in [-0.15, -0.1) is 0 Å². The van der Waals surface area contributed by atoms with Gasteiger partial charge in [-0.25, -0.2) is 0 Å². The van der Waals surface area contributed by atoms with Gasteiger partial charge in [-0.1, -0.05) is 267 Å². The molecule has 125 heavy (non-hydrogen) atoms. The maximum Gasteiger partial charge on any atom is 0.252 e. The molecule has 0 amide bonds. The number of hydrogen-bond acceptors (Lipinski definition) is 4. The molecule has 19 aromatic rings. The third kappa shape index (κ3) is 11.8. The maximum atomic E-state index is 2.75. The fourth-order valence-corrected chi connectivity index (χ4v) is 22.3. The van der Waals surface area contributed by atoms with E-state index in [4.69, 9.17) is 0 Å². The molecule has 5 heterocycles. The van der Waals surface area contributed by atoms with Gasteiger partial charge in [0, 0.05) is 84.5 Å². The zero-order chi connectivity index (χ0) is 84.3. The Morgan fingerprint density at radius 1 is 0.184 bits per heavy atom. The van der Waals surface area contributed by atoms with Crippen molar-refractivity contribution in [2.75, 3.05) is 19.6 Å². The second-order valence-electron chi connectivity index (χ2n) is 35.1. The summed E-state index contributed by atoms with van der Waals surface area (Å²) in [4.78, 5) is 10.6. The Morgan fingerprint density at radius 3 is 0.976 bits per heavy atom. The molecule has 0 unspecified atom stereocenters. The van der Waals surface area contributed by atoms with Crippen LogP contribution >= 0.6 is 0 Å². The molecule has 0 N–H and O–H groups in total. The average Bonchev–Trinajstić information content (AvgIpc) is 1.66. The summed E-state index contributed by atoms with van der Waals surface area (Å²) in [6.07, 6.45) is 0. The van der Waals surface area contributed by atoms with E-state index in [1.165, 1.54) is 149 Å². The Kier molecular flexibility index (Phi) is 17.7. The summed E-state index contributed by atoms with van der Waals surface area (Å²) < 4.78 is 2.60. The molecular formula is C118H91B2N5. The van der Waals surface area contributed by atoms with Crippen LogP contribution in [0.3, 0.4) is 0 Å². The number of para-hydroxylation sites is 4. The van der Waals surface area contributed by atoms with Gasteiger partial charge in [0.15, 0.2) is 0 Å². The quantitative estimate of drug-likeness (QED) is 0.113. The van der Waals surface area contributed by atoms with Crippen LogP contribution < -0.4 is 52.4 Å². The summed E-state index contributed by atoms with van der Waals surface area (Å²) in [5.74, 6) is 0. The van der Waals surface area contributed by atoms with Gasteiger partial charge in [-0.2, -0.15) is 0 Å². The first-order chi connectivity index (χ1) is 61.2. The van der Waals surface area contributed by atoms with E-state index >= 15 is 0 Å². The van der Waals surface area contributed by atoms with Crippen molar-refractivity contribution in [3.05, 3.63) is 426 Å². The first kappa shape index (κ1) is 75.1. The minimum Gasteiger partial charge on any atom is -0.311 e. The molecule has 4 aliphatic heterocycles. The molecule has 23 rings (SSSR count). The molecule has 0 saturated heterocycles. The Hall–Kier alpha value is -14.9. The van der Waals surface area contributed by atoms with Gasteiger partial charge in [0.25, 0.3) is 13.4 Å². The third-order valence-corrected chi connectivity index (χ3v) is 27.6. The zero-order valence-corrected chi connectivity index (χ0v) is 72.1. The smallest absolute Gasteiger partial charge is 0.252 e. The molecule has 5 nitrogen and oxygen atoms in total. The van der Waals surface area contributed by atoms with Gasteiger partial charge in [0.1, 0.15) is 0 Å². The lowest BCUT2D eigenvalue weighted by atomic mass is 9.30. The van der Waals surface area contributed by atoms with Crippen molar-refractivity contribution in [3.63, 3.8) is 0 Å². The lowest BCUT2D eigenvalue weighted by molar-refractivity contribution is 1.16. The number of aryl methyl sites for hydroxylation is 10. The van der Waals surface area contributed by atoms with Crippen molar-refractivity contribution in [3.8, 4) is 83.6 Å². The number of benzene rings is 18. The van der Waals surface area contributed by atoms with E-state index in [1.54, 1.807) is 0 Å². The molecule has 4 aliphatic rings. The topological polar surface area (TPSA) is 17.9 Å². The van der Waals surface area contributed by atoms with Gasteiger partial charge in [-0.05, 0) is 328 Å². The van der Waals surface area contributed by atoms with Crippen molar-refractivity contribution in [1.29, 1.82) is 0 Å². The molecule has 594 valence electrons. The highest BCUT2D eigenvalue weighted by Gasteiger charge is 2.50. The van der Waals surface area contributed by atoms with E-state index in [-0.39, 0.29) is 13.4 Å². The van der Waals surface area contributed by atoms with Gasteiger partial charge in [0.2, 0.25) is 0 Å². The molecule has 1 aromatic heterocycles. The third-order valence-electron chi connectivity index (χ3n) is 27.6. The van der Waals surface area contributed by atoms with Crippen LogP contribution in [0.5, 0.6) is 0 Å². The summed E-state index contributed by atoms with van der Waals surface area (Å²) in [7, 11) is 0. The van der Waals surface area contributed by atoms with Crippen LogP contribution in [-0.4, -0.2) is 18.0 Å². The highest BCUT2D eigenvalue weighted by atomic mass is 15.2. The van der Waals surface area contributed by atoms with E-state index < -0.39 is 0 Å². The average molecular weight is 1600 g/mol. The van der Waals surface area contributed by atoms with E-state index in [0.717, 1.165) is 113 Å². The predicted molar refractivity (Wildman–Crippen MR) is 534 cm³/mol. The minimum atomic E-state index is -0.292.